The molecule has 0 aromatic carbocycles. The van der Waals surface area contributed by atoms with Gasteiger partial charge in [0.2, 0.25) is 5.88 Å². The van der Waals surface area contributed by atoms with Gasteiger partial charge >= 0.3 is 0 Å². The third kappa shape index (κ3) is 5.85. The number of pyridine rings is 1. The Kier molecular flexibility index (Phi) is 7.51. The SMILES string of the molecule is CN=C(NCCN1CCOCC1)NCc1cccnc1OC1CCCC1. The number of aliphatic imine (C=N–C) groups is 1. The number of nitrogens with one attached hydrogen (secondary N) is 2. The molecule has 0 bridgehead atoms. The van der Waals surface area contributed by atoms with Gasteiger partial charge in [0.25, 0.3) is 0 Å². The molecule has 1 aliphatic heterocycles. The van der Waals surface area contributed by atoms with Gasteiger partial charge in [-0.2, -0.15) is 0 Å². The van der Waals surface area contributed by atoms with E-state index >= 15 is 0 Å². The average molecular weight is 361 g/mol. The smallest absolute Gasteiger partial charge is 0.218 e. The first-order valence-corrected chi connectivity index (χ1v) is 9.70. The molecule has 2 heterocycles. The summed E-state index contributed by atoms with van der Waals surface area (Å²) < 4.78 is 11.5. The summed E-state index contributed by atoms with van der Waals surface area (Å²) in [6.45, 7) is 6.17. The van der Waals surface area contributed by atoms with Crippen molar-refractivity contribution in [1.29, 1.82) is 0 Å². The van der Waals surface area contributed by atoms with Crippen LogP contribution in [0.5, 0.6) is 5.88 Å². The van der Waals surface area contributed by atoms with Gasteiger partial charge in [-0.15, -0.1) is 0 Å². The highest BCUT2D eigenvalue weighted by Gasteiger charge is 2.18. The molecule has 7 nitrogen and oxygen atoms in total. The predicted octanol–water partition coefficient (Wildman–Crippen LogP) is 1.40. The monoisotopic (exact) mass is 361 g/mol. The summed E-state index contributed by atoms with van der Waals surface area (Å²) in [5, 5.41) is 6.74. The molecule has 0 spiro atoms. The number of rotatable bonds is 7. The zero-order valence-electron chi connectivity index (χ0n) is 15.7. The summed E-state index contributed by atoms with van der Waals surface area (Å²) in [7, 11) is 1.79. The Balaban J connectivity index is 1.44. The van der Waals surface area contributed by atoms with Crippen LogP contribution in [-0.2, 0) is 11.3 Å². The van der Waals surface area contributed by atoms with Crippen LogP contribution in [0.3, 0.4) is 0 Å². The van der Waals surface area contributed by atoms with Crippen molar-refractivity contribution < 1.29 is 9.47 Å². The molecule has 0 radical (unpaired) electrons. The van der Waals surface area contributed by atoms with Crippen LogP contribution < -0.4 is 15.4 Å². The van der Waals surface area contributed by atoms with Crippen LogP contribution in [0.1, 0.15) is 31.2 Å². The lowest BCUT2D eigenvalue weighted by Crippen LogP contribution is -2.44. The first-order valence-electron chi connectivity index (χ1n) is 9.70. The highest BCUT2D eigenvalue weighted by molar-refractivity contribution is 5.79. The van der Waals surface area contributed by atoms with Gasteiger partial charge in [-0.05, 0) is 31.7 Å². The molecular formula is C19H31N5O2. The lowest BCUT2D eigenvalue weighted by Gasteiger charge is -2.26. The minimum atomic E-state index is 0.314. The Morgan fingerprint density at radius 2 is 2.12 bits per heavy atom. The molecule has 1 aromatic heterocycles. The summed E-state index contributed by atoms with van der Waals surface area (Å²) in [5.74, 6) is 1.55. The molecule has 1 aliphatic carbocycles. The largest absolute Gasteiger partial charge is 0.474 e. The molecule has 26 heavy (non-hydrogen) atoms. The zero-order valence-corrected chi connectivity index (χ0v) is 15.7. The Morgan fingerprint density at radius 3 is 2.88 bits per heavy atom. The van der Waals surface area contributed by atoms with E-state index in [9.17, 15) is 0 Å². The number of ether oxygens (including phenoxy) is 2. The third-order valence-corrected chi connectivity index (χ3v) is 4.92. The third-order valence-electron chi connectivity index (χ3n) is 4.92. The second-order valence-electron chi connectivity index (χ2n) is 6.80. The van der Waals surface area contributed by atoms with E-state index in [1.54, 1.807) is 13.2 Å². The first-order chi connectivity index (χ1) is 12.8. The van der Waals surface area contributed by atoms with Crippen LogP contribution in [0.25, 0.3) is 0 Å². The van der Waals surface area contributed by atoms with E-state index in [0.29, 0.717) is 12.6 Å². The van der Waals surface area contributed by atoms with Crippen molar-refractivity contribution in [2.24, 2.45) is 4.99 Å². The fourth-order valence-electron chi connectivity index (χ4n) is 3.39. The van der Waals surface area contributed by atoms with Crippen molar-refractivity contribution in [3.05, 3.63) is 23.9 Å². The lowest BCUT2D eigenvalue weighted by molar-refractivity contribution is 0.0389. The molecule has 0 amide bonds. The van der Waals surface area contributed by atoms with Gasteiger partial charge in [-0.25, -0.2) is 4.98 Å². The topological polar surface area (TPSA) is 71.0 Å². The molecule has 2 aliphatic rings. The maximum atomic E-state index is 6.10. The van der Waals surface area contributed by atoms with E-state index in [2.05, 4.69) is 31.6 Å². The fraction of sp³-hybridized carbons (Fsp3) is 0.684. The molecule has 1 aromatic rings. The summed E-state index contributed by atoms with van der Waals surface area (Å²) in [4.78, 5) is 11.1. The molecule has 144 valence electrons. The quantitative estimate of drug-likeness (QED) is 0.565. The number of morpholine rings is 1. The number of aromatic nitrogens is 1. The van der Waals surface area contributed by atoms with Crippen molar-refractivity contribution in [1.82, 2.24) is 20.5 Å². The Bertz CT molecular complexity index is 569. The molecule has 1 saturated carbocycles. The van der Waals surface area contributed by atoms with Crippen LogP contribution in [0.15, 0.2) is 23.3 Å². The Hall–Kier alpha value is -1.86. The van der Waals surface area contributed by atoms with Gasteiger partial charge in [0.05, 0.1) is 13.2 Å². The maximum absolute atomic E-state index is 6.10. The van der Waals surface area contributed by atoms with E-state index in [-0.39, 0.29) is 0 Å². The van der Waals surface area contributed by atoms with E-state index in [1.165, 1.54) is 12.8 Å². The normalized spacial score (nSPS) is 19.5. The highest BCUT2D eigenvalue weighted by atomic mass is 16.5. The zero-order chi connectivity index (χ0) is 18.0. The molecule has 2 N–H and O–H groups in total. The minimum Gasteiger partial charge on any atom is -0.474 e. The number of guanidine groups is 1. The van der Waals surface area contributed by atoms with Crippen molar-refractivity contribution in [3.63, 3.8) is 0 Å². The van der Waals surface area contributed by atoms with Crippen LogP contribution in [0.4, 0.5) is 0 Å². The van der Waals surface area contributed by atoms with Crippen LogP contribution in [0.2, 0.25) is 0 Å². The first kappa shape index (κ1) is 18.9. The molecule has 0 atom stereocenters. The maximum Gasteiger partial charge on any atom is 0.218 e. The van der Waals surface area contributed by atoms with Crippen LogP contribution in [-0.4, -0.2) is 68.4 Å². The van der Waals surface area contributed by atoms with Crippen molar-refractivity contribution in [2.45, 2.75) is 38.3 Å². The second kappa shape index (κ2) is 10.3. The van der Waals surface area contributed by atoms with Crippen LogP contribution >= 0.6 is 0 Å². The summed E-state index contributed by atoms with van der Waals surface area (Å²) in [6.07, 6.45) is 6.89. The molecule has 7 heteroatoms. The number of nitrogens with zero attached hydrogens (tertiary/aromatic N) is 3. The van der Waals surface area contributed by atoms with Gasteiger partial charge < -0.3 is 20.1 Å². The molecule has 3 rings (SSSR count). The van der Waals surface area contributed by atoms with Gasteiger partial charge in [0.1, 0.15) is 6.10 Å². The van der Waals surface area contributed by atoms with Crippen molar-refractivity contribution in [3.8, 4) is 5.88 Å². The second-order valence-corrected chi connectivity index (χ2v) is 6.80. The number of hydrogen-bond acceptors (Lipinski definition) is 5. The average Bonchev–Trinajstić information content (AvgIpc) is 3.19. The van der Waals surface area contributed by atoms with Gasteiger partial charge in [0, 0.05) is 51.5 Å². The molecule has 1 saturated heterocycles. The lowest BCUT2D eigenvalue weighted by atomic mass is 10.2. The van der Waals surface area contributed by atoms with Gasteiger partial charge in [-0.1, -0.05) is 6.07 Å². The van der Waals surface area contributed by atoms with Gasteiger partial charge in [-0.3, -0.25) is 9.89 Å². The highest BCUT2D eigenvalue weighted by Crippen LogP contribution is 2.24. The Morgan fingerprint density at radius 1 is 1.31 bits per heavy atom. The molecule has 0 unspecified atom stereocenters. The summed E-state index contributed by atoms with van der Waals surface area (Å²) in [6, 6.07) is 4.01. The van der Waals surface area contributed by atoms with Crippen LogP contribution in [0, 0.1) is 0 Å². The summed E-state index contributed by atoms with van der Waals surface area (Å²) in [5.41, 5.74) is 1.07. The predicted molar refractivity (Wildman–Crippen MR) is 103 cm³/mol. The van der Waals surface area contributed by atoms with E-state index < -0.39 is 0 Å². The van der Waals surface area contributed by atoms with Crippen molar-refractivity contribution >= 4 is 5.96 Å². The Labute approximate surface area is 156 Å². The van der Waals surface area contributed by atoms with Gasteiger partial charge in [0.15, 0.2) is 5.96 Å². The molecular weight excluding hydrogens is 330 g/mol. The standard InChI is InChI=1S/C19H31N5O2/c1-20-19(22-9-10-24-11-13-25-14-12-24)23-15-16-5-4-8-21-18(16)26-17-6-2-3-7-17/h4-5,8,17H,2-3,6-7,9-15H2,1H3,(H2,20,22,23). The fourth-order valence-corrected chi connectivity index (χ4v) is 3.39. The van der Waals surface area contributed by atoms with Crippen molar-refractivity contribution in [2.75, 3.05) is 46.4 Å². The minimum absolute atomic E-state index is 0.314. The summed E-state index contributed by atoms with van der Waals surface area (Å²) >= 11 is 0. The molecule has 2 fully saturated rings. The van der Waals surface area contributed by atoms with E-state index in [1.807, 2.05) is 6.07 Å². The number of hydrogen-bond donors (Lipinski definition) is 2. The van der Waals surface area contributed by atoms with E-state index in [4.69, 9.17) is 9.47 Å². The van der Waals surface area contributed by atoms with E-state index in [0.717, 1.165) is 69.6 Å².